The van der Waals surface area contributed by atoms with E-state index in [0.29, 0.717) is 24.9 Å². The van der Waals surface area contributed by atoms with Crippen LogP contribution in [0.2, 0.25) is 0 Å². The van der Waals surface area contributed by atoms with Gasteiger partial charge in [-0.3, -0.25) is 9.59 Å². The molecule has 2 N–H and O–H groups in total. The highest BCUT2D eigenvalue weighted by atomic mass is 35.5. The molecule has 2 aliphatic heterocycles. The molecule has 0 aromatic rings. The third-order valence-corrected chi connectivity index (χ3v) is 5.67. The molecule has 0 aromatic heterocycles. The van der Waals surface area contributed by atoms with Crippen LogP contribution in [0.3, 0.4) is 0 Å². The summed E-state index contributed by atoms with van der Waals surface area (Å²) in [4.78, 5) is 28.6. The van der Waals surface area contributed by atoms with E-state index in [1.54, 1.807) is 0 Å². The summed E-state index contributed by atoms with van der Waals surface area (Å²) in [6, 6.07) is 0.480. The maximum Gasteiger partial charge on any atom is 0.237 e. The van der Waals surface area contributed by atoms with Crippen molar-refractivity contribution in [1.82, 2.24) is 20.4 Å². The molecular weight excluding hydrogens is 363 g/mol. The molecule has 6 nitrogen and oxygen atoms in total. The summed E-state index contributed by atoms with van der Waals surface area (Å²) >= 11 is 0. The summed E-state index contributed by atoms with van der Waals surface area (Å²) in [5.41, 5.74) is 0. The molecule has 0 radical (unpaired) electrons. The first-order valence-corrected chi connectivity index (χ1v) is 9.13. The molecule has 1 saturated carbocycles. The number of carbonyl (C=O) groups is 2. The number of nitrogens with one attached hydrogen (secondary N) is 2. The molecule has 8 heteroatoms. The van der Waals surface area contributed by atoms with Crippen molar-refractivity contribution in [2.75, 3.05) is 39.8 Å². The number of piperazine rings is 1. The Morgan fingerprint density at radius 3 is 2.44 bits per heavy atom. The van der Waals surface area contributed by atoms with Gasteiger partial charge in [0.2, 0.25) is 11.8 Å². The fourth-order valence-electron chi connectivity index (χ4n) is 4.15. The van der Waals surface area contributed by atoms with Crippen molar-refractivity contribution in [3.8, 4) is 0 Å². The number of rotatable bonds is 4. The predicted molar refractivity (Wildman–Crippen MR) is 103 cm³/mol. The molecule has 3 aliphatic rings. The van der Waals surface area contributed by atoms with Gasteiger partial charge in [-0.2, -0.15) is 0 Å². The van der Waals surface area contributed by atoms with Crippen molar-refractivity contribution < 1.29 is 9.59 Å². The van der Waals surface area contributed by atoms with Crippen LogP contribution in [0, 0.1) is 5.92 Å². The molecule has 2 amide bonds. The highest BCUT2D eigenvalue weighted by molar-refractivity contribution is 5.85. The van der Waals surface area contributed by atoms with Gasteiger partial charge in [0.15, 0.2) is 0 Å². The highest BCUT2D eigenvalue weighted by Crippen LogP contribution is 2.33. The number of fused-ring (bicyclic) bond motifs is 1. The van der Waals surface area contributed by atoms with Crippen molar-refractivity contribution in [3.05, 3.63) is 0 Å². The smallest absolute Gasteiger partial charge is 0.237 e. The Hall–Kier alpha value is -0.560. The average Bonchev–Trinajstić information content (AvgIpc) is 2.99. The topological polar surface area (TPSA) is 64.7 Å². The molecule has 3 fully saturated rings. The van der Waals surface area contributed by atoms with Crippen LogP contribution in [-0.4, -0.2) is 73.5 Å². The van der Waals surface area contributed by atoms with E-state index in [4.69, 9.17) is 0 Å². The lowest BCUT2D eigenvalue weighted by molar-refractivity contribution is -0.132. The van der Waals surface area contributed by atoms with Gasteiger partial charge < -0.3 is 20.4 Å². The van der Waals surface area contributed by atoms with E-state index in [9.17, 15) is 9.59 Å². The Kier molecular flexibility index (Phi) is 9.49. The second kappa shape index (κ2) is 10.6. The van der Waals surface area contributed by atoms with E-state index in [2.05, 4.69) is 22.6 Å². The molecule has 0 bridgehead atoms. The molecule has 1 aliphatic carbocycles. The monoisotopic (exact) mass is 394 g/mol. The van der Waals surface area contributed by atoms with Gasteiger partial charge in [0.1, 0.15) is 0 Å². The second-order valence-corrected chi connectivity index (χ2v) is 7.33. The standard InChI is InChI=1S/C17H30N4O2.2ClH/c1-20-8-10-21(11-9-20)16(22)6-7-18-17(23)15-12-13-4-2-3-5-14(13)19-15;;/h13-15,19H,2-12H2,1H3,(H,18,23);2*1H. The number of hydrogen-bond donors (Lipinski definition) is 2. The minimum Gasteiger partial charge on any atom is -0.354 e. The zero-order valence-corrected chi connectivity index (χ0v) is 16.7. The van der Waals surface area contributed by atoms with Crippen LogP contribution in [0.5, 0.6) is 0 Å². The van der Waals surface area contributed by atoms with E-state index in [1.807, 2.05) is 4.90 Å². The van der Waals surface area contributed by atoms with E-state index >= 15 is 0 Å². The molecule has 0 aromatic carbocycles. The number of amides is 2. The highest BCUT2D eigenvalue weighted by Gasteiger charge is 2.38. The molecule has 2 heterocycles. The Morgan fingerprint density at radius 2 is 1.76 bits per heavy atom. The average molecular weight is 395 g/mol. The van der Waals surface area contributed by atoms with Crippen LogP contribution in [-0.2, 0) is 9.59 Å². The third kappa shape index (κ3) is 5.98. The van der Waals surface area contributed by atoms with Gasteiger partial charge in [0, 0.05) is 45.2 Å². The van der Waals surface area contributed by atoms with Crippen LogP contribution in [0.4, 0.5) is 0 Å². The van der Waals surface area contributed by atoms with Gasteiger partial charge in [0.25, 0.3) is 0 Å². The lowest BCUT2D eigenvalue weighted by Crippen LogP contribution is -2.48. The van der Waals surface area contributed by atoms with Gasteiger partial charge in [0.05, 0.1) is 6.04 Å². The van der Waals surface area contributed by atoms with Crippen molar-refractivity contribution in [1.29, 1.82) is 0 Å². The summed E-state index contributed by atoms with van der Waals surface area (Å²) in [5, 5.41) is 6.44. The third-order valence-electron chi connectivity index (χ3n) is 5.67. The molecular formula is C17H32Cl2N4O2. The Bertz CT molecular complexity index is 430. The van der Waals surface area contributed by atoms with Crippen molar-refractivity contribution in [2.45, 2.75) is 50.6 Å². The fraction of sp³-hybridized carbons (Fsp3) is 0.882. The van der Waals surface area contributed by atoms with E-state index in [1.165, 1.54) is 25.7 Å². The Morgan fingerprint density at radius 1 is 1.08 bits per heavy atom. The van der Waals surface area contributed by atoms with Crippen LogP contribution in [0.1, 0.15) is 38.5 Å². The van der Waals surface area contributed by atoms with E-state index in [0.717, 1.165) is 32.6 Å². The summed E-state index contributed by atoms with van der Waals surface area (Å²) in [5.74, 6) is 0.906. The van der Waals surface area contributed by atoms with Crippen molar-refractivity contribution >= 4 is 36.6 Å². The Labute approximate surface area is 163 Å². The maximum atomic E-state index is 12.3. The molecule has 3 atom stereocenters. The number of nitrogens with zero attached hydrogens (tertiary/aromatic N) is 2. The fourth-order valence-corrected chi connectivity index (χ4v) is 4.15. The summed E-state index contributed by atoms with van der Waals surface area (Å²) in [7, 11) is 2.08. The van der Waals surface area contributed by atoms with Crippen molar-refractivity contribution in [2.24, 2.45) is 5.92 Å². The summed E-state index contributed by atoms with van der Waals surface area (Å²) in [6.07, 6.45) is 6.41. The van der Waals surface area contributed by atoms with Gasteiger partial charge in [-0.25, -0.2) is 0 Å². The molecule has 3 rings (SSSR count). The van der Waals surface area contributed by atoms with Crippen LogP contribution in [0.15, 0.2) is 0 Å². The predicted octanol–water partition coefficient (Wildman–Crippen LogP) is 1.03. The first kappa shape index (κ1) is 22.5. The maximum absolute atomic E-state index is 12.3. The van der Waals surface area contributed by atoms with Crippen LogP contribution >= 0.6 is 24.8 Å². The van der Waals surface area contributed by atoms with E-state index < -0.39 is 0 Å². The zero-order valence-electron chi connectivity index (χ0n) is 15.0. The normalized spacial score (nSPS) is 29.2. The van der Waals surface area contributed by atoms with Crippen molar-refractivity contribution in [3.63, 3.8) is 0 Å². The number of carbonyl (C=O) groups excluding carboxylic acids is 2. The molecule has 2 saturated heterocycles. The molecule has 3 unspecified atom stereocenters. The van der Waals surface area contributed by atoms with Gasteiger partial charge >= 0.3 is 0 Å². The largest absolute Gasteiger partial charge is 0.354 e. The second-order valence-electron chi connectivity index (χ2n) is 7.33. The number of halogens is 2. The lowest BCUT2D eigenvalue weighted by atomic mass is 9.85. The quantitative estimate of drug-likeness (QED) is 0.747. The minimum absolute atomic E-state index is 0. The van der Waals surface area contributed by atoms with Crippen LogP contribution < -0.4 is 10.6 Å². The zero-order chi connectivity index (χ0) is 16.2. The Balaban J connectivity index is 0.00000156. The number of hydrogen-bond acceptors (Lipinski definition) is 4. The summed E-state index contributed by atoms with van der Waals surface area (Å²) in [6.45, 7) is 3.94. The van der Waals surface area contributed by atoms with E-state index in [-0.39, 0.29) is 42.7 Å². The lowest BCUT2D eigenvalue weighted by Gasteiger charge is -2.32. The molecule has 25 heavy (non-hydrogen) atoms. The summed E-state index contributed by atoms with van der Waals surface area (Å²) < 4.78 is 0. The SMILES string of the molecule is CN1CCN(C(=O)CCNC(=O)C2CC3CCCCC3N2)CC1.Cl.Cl. The number of likely N-dealkylation sites (N-methyl/N-ethyl adjacent to an activating group) is 1. The van der Waals surface area contributed by atoms with Crippen LogP contribution in [0.25, 0.3) is 0 Å². The first-order chi connectivity index (χ1) is 11.1. The molecule has 146 valence electrons. The van der Waals surface area contributed by atoms with Gasteiger partial charge in [-0.05, 0) is 32.2 Å². The van der Waals surface area contributed by atoms with Gasteiger partial charge in [-0.15, -0.1) is 24.8 Å². The molecule has 0 spiro atoms. The van der Waals surface area contributed by atoms with Gasteiger partial charge in [-0.1, -0.05) is 12.8 Å². The minimum atomic E-state index is -0.0539. The first-order valence-electron chi connectivity index (χ1n) is 9.13.